The largest absolute Gasteiger partial charge is 0.462 e. The average molecular weight is 905 g/mol. The molecule has 0 saturated carbocycles. The lowest BCUT2D eigenvalue weighted by atomic mass is 10.1. The van der Waals surface area contributed by atoms with Crippen LogP contribution in [0, 0.1) is 0 Å². The van der Waals surface area contributed by atoms with Gasteiger partial charge in [0.25, 0.3) is 0 Å². The minimum Gasteiger partial charge on any atom is -0.462 e. The van der Waals surface area contributed by atoms with E-state index in [2.05, 4.69) is 130 Å². The van der Waals surface area contributed by atoms with E-state index < -0.39 is 12.1 Å². The number of carbonyl (C=O) groups is 3. The average Bonchev–Trinajstić information content (AvgIpc) is 3.31. The highest BCUT2D eigenvalue weighted by molar-refractivity contribution is 5.71. The van der Waals surface area contributed by atoms with Gasteiger partial charge in [-0.1, -0.05) is 210 Å². The zero-order valence-corrected chi connectivity index (χ0v) is 41.4. The van der Waals surface area contributed by atoms with Crippen LogP contribution in [0.3, 0.4) is 0 Å². The summed E-state index contributed by atoms with van der Waals surface area (Å²) < 4.78 is 16.7. The first-order valence-electron chi connectivity index (χ1n) is 25.2. The monoisotopic (exact) mass is 905 g/mol. The van der Waals surface area contributed by atoms with Crippen molar-refractivity contribution in [1.29, 1.82) is 0 Å². The van der Waals surface area contributed by atoms with Crippen molar-refractivity contribution >= 4 is 17.9 Å². The predicted molar refractivity (Wildman–Crippen MR) is 283 cm³/mol. The van der Waals surface area contributed by atoms with Crippen molar-refractivity contribution in [2.24, 2.45) is 0 Å². The highest BCUT2D eigenvalue weighted by atomic mass is 16.6. The molecule has 364 valence electrons. The number of esters is 3. The fraction of sp³-hybridized carbons (Fsp3) is 0.483. The second-order valence-corrected chi connectivity index (χ2v) is 15.7. The van der Waals surface area contributed by atoms with Gasteiger partial charge in [0.1, 0.15) is 13.2 Å². The van der Waals surface area contributed by atoms with Crippen molar-refractivity contribution in [2.75, 3.05) is 13.2 Å². The Morgan fingerprint density at radius 1 is 0.318 bits per heavy atom. The molecule has 0 aromatic rings. The van der Waals surface area contributed by atoms with Crippen LogP contribution >= 0.6 is 0 Å². The van der Waals surface area contributed by atoms with Gasteiger partial charge in [0.2, 0.25) is 0 Å². The van der Waals surface area contributed by atoms with Crippen LogP contribution in [0.1, 0.15) is 168 Å². The van der Waals surface area contributed by atoms with Gasteiger partial charge in [-0.2, -0.15) is 0 Å². The number of allylic oxidation sites excluding steroid dienone is 28. The van der Waals surface area contributed by atoms with E-state index in [1.807, 2.05) is 60.8 Å². The summed E-state index contributed by atoms with van der Waals surface area (Å²) in [5, 5.41) is 0. The molecule has 66 heavy (non-hydrogen) atoms. The maximum absolute atomic E-state index is 12.8. The van der Waals surface area contributed by atoms with Crippen molar-refractivity contribution in [3.63, 3.8) is 0 Å². The molecule has 0 N–H and O–H groups in total. The molecule has 0 bridgehead atoms. The molecule has 1 unspecified atom stereocenters. The third-order valence-corrected chi connectivity index (χ3v) is 9.61. The van der Waals surface area contributed by atoms with Gasteiger partial charge in [-0.15, -0.1) is 0 Å². The van der Waals surface area contributed by atoms with E-state index in [1.54, 1.807) is 0 Å². The summed E-state index contributed by atoms with van der Waals surface area (Å²) in [6, 6.07) is 0. The third-order valence-electron chi connectivity index (χ3n) is 9.61. The number of hydrogen-bond acceptors (Lipinski definition) is 6. The molecule has 0 aliphatic carbocycles. The summed E-state index contributed by atoms with van der Waals surface area (Å²) in [5.41, 5.74) is 0. The highest BCUT2D eigenvalue weighted by Crippen LogP contribution is 2.10. The fourth-order valence-electron chi connectivity index (χ4n) is 5.93. The predicted octanol–water partition coefficient (Wildman–Crippen LogP) is 16.8. The van der Waals surface area contributed by atoms with Crippen LogP contribution in [-0.2, 0) is 28.6 Å². The van der Waals surface area contributed by atoms with Crippen molar-refractivity contribution in [3.8, 4) is 0 Å². The third kappa shape index (κ3) is 49.8. The Bertz CT molecular complexity index is 1600. The first-order chi connectivity index (χ1) is 32.5. The standard InChI is InChI=1S/C60H88O6/c1-4-7-10-13-16-19-22-25-28-30-32-35-38-41-44-47-50-53-59(62)65-56-57(55-64-58(61)52-49-46-43-40-37-34-27-24-21-18-15-12-9-6-3)66-60(63)54-51-48-45-42-39-36-33-31-29-26-23-20-17-14-11-8-5-2/h7-13,16-22,25-30,32-36,38,42,45,57H,4-6,14-15,23-24,31,37,39-41,43-44,46-56H2,1-3H3/b10-7-,11-8-,12-9-,16-13-,20-17-,21-18-,22-19-,28-25-,29-26-,32-30+,34-27-,36-33-,38-35-,45-42-. The molecule has 0 aliphatic heterocycles. The van der Waals surface area contributed by atoms with Gasteiger partial charge >= 0.3 is 17.9 Å². The zero-order valence-electron chi connectivity index (χ0n) is 41.4. The summed E-state index contributed by atoms with van der Waals surface area (Å²) in [5.74, 6) is -1.08. The molecule has 0 radical (unpaired) electrons. The molecule has 6 nitrogen and oxygen atoms in total. The molecule has 6 heteroatoms. The first-order valence-corrected chi connectivity index (χ1v) is 25.2. The minimum absolute atomic E-state index is 0.137. The van der Waals surface area contributed by atoms with Crippen molar-refractivity contribution < 1.29 is 28.6 Å². The summed E-state index contributed by atoms with van der Waals surface area (Å²) in [7, 11) is 0. The Kier molecular flexibility index (Phi) is 48.2. The van der Waals surface area contributed by atoms with Gasteiger partial charge in [-0.25, -0.2) is 0 Å². The molecular weight excluding hydrogens is 817 g/mol. The molecule has 0 aliphatic rings. The van der Waals surface area contributed by atoms with Crippen molar-refractivity contribution in [2.45, 2.75) is 175 Å². The summed E-state index contributed by atoms with van der Waals surface area (Å²) >= 11 is 0. The zero-order chi connectivity index (χ0) is 47.9. The second-order valence-electron chi connectivity index (χ2n) is 15.7. The molecular formula is C60H88O6. The maximum atomic E-state index is 12.8. The molecule has 0 rings (SSSR count). The molecule has 1 atom stereocenters. The number of carbonyl (C=O) groups excluding carboxylic acids is 3. The van der Waals surface area contributed by atoms with E-state index in [0.29, 0.717) is 19.3 Å². The lowest BCUT2D eigenvalue weighted by Gasteiger charge is -2.18. The first kappa shape index (κ1) is 60.8. The van der Waals surface area contributed by atoms with E-state index in [1.165, 1.54) is 0 Å². The Morgan fingerprint density at radius 2 is 0.636 bits per heavy atom. The van der Waals surface area contributed by atoms with Gasteiger partial charge in [-0.3, -0.25) is 14.4 Å². The summed E-state index contributed by atoms with van der Waals surface area (Å²) in [4.78, 5) is 38.0. The maximum Gasteiger partial charge on any atom is 0.306 e. The second kappa shape index (κ2) is 52.4. The topological polar surface area (TPSA) is 78.9 Å². The minimum atomic E-state index is -0.845. The molecule has 0 aromatic carbocycles. The Morgan fingerprint density at radius 3 is 1.08 bits per heavy atom. The van der Waals surface area contributed by atoms with E-state index in [4.69, 9.17) is 14.2 Å². The van der Waals surface area contributed by atoms with Crippen LogP contribution in [0.25, 0.3) is 0 Å². The summed E-state index contributed by atoms with van der Waals surface area (Å²) in [6.07, 6.45) is 77.6. The highest BCUT2D eigenvalue weighted by Gasteiger charge is 2.19. The van der Waals surface area contributed by atoms with E-state index in [-0.39, 0.29) is 38.0 Å². The van der Waals surface area contributed by atoms with E-state index in [9.17, 15) is 14.4 Å². The smallest absolute Gasteiger partial charge is 0.306 e. The van der Waals surface area contributed by atoms with Gasteiger partial charge in [0, 0.05) is 19.3 Å². The van der Waals surface area contributed by atoms with E-state index >= 15 is 0 Å². The van der Waals surface area contributed by atoms with Crippen LogP contribution in [0.15, 0.2) is 170 Å². The summed E-state index contributed by atoms with van der Waals surface area (Å²) in [6.45, 7) is 6.12. The van der Waals surface area contributed by atoms with Crippen LogP contribution in [-0.4, -0.2) is 37.2 Å². The Hall–Kier alpha value is -5.23. The fourth-order valence-corrected chi connectivity index (χ4v) is 5.93. The van der Waals surface area contributed by atoms with Gasteiger partial charge in [0.15, 0.2) is 6.10 Å². The quantitative estimate of drug-likeness (QED) is 0.0200. The van der Waals surface area contributed by atoms with Crippen LogP contribution < -0.4 is 0 Å². The Labute approximate surface area is 402 Å². The number of ether oxygens (including phenoxy) is 3. The van der Waals surface area contributed by atoms with Crippen LogP contribution in [0.4, 0.5) is 0 Å². The number of hydrogen-bond donors (Lipinski definition) is 0. The lowest BCUT2D eigenvalue weighted by Crippen LogP contribution is -2.30. The molecule has 0 spiro atoms. The molecule has 0 aromatic heterocycles. The van der Waals surface area contributed by atoms with Crippen LogP contribution in [0.2, 0.25) is 0 Å². The SMILES string of the molecule is CC\C=C/C=C\C=C/C=C\C=C\C=C/CCCCCC(=O)OCC(COC(=O)CCCCCC/C=C\C/C=C\C/C=C\CC)OC(=O)CCC/C=C\C/C=C\C/C=C\C/C=C\C/C=C\CC. The lowest BCUT2D eigenvalue weighted by molar-refractivity contribution is -0.167. The number of rotatable bonds is 42. The van der Waals surface area contributed by atoms with Gasteiger partial charge in [-0.05, 0) is 109 Å². The molecule has 0 saturated heterocycles. The van der Waals surface area contributed by atoms with Crippen molar-refractivity contribution in [1.82, 2.24) is 0 Å². The van der Waals surface area contributed by atoms with E-state index in [0.717, 1.165) is 116 Å². The van der Waals surface area contributed by atoms with Crippen LogP contribution in [0.5, 0.6) is 0 Å². The Balaban J connectivity index is 4.66. The van der Waals surface area contributed by atoms with Gasteiger partial charge < -0.3 is 14.2 Å². The van der Waals surface area contributed by atoms with Gasteiger partial charge in [0.05, 0.1) is 0 Å². The molecule has 0 amide bonds. The molecule has 0 heterocycles. The normalized spacial score (nSPS) is 13.6. The van der Waals surface area contributed by atoms with Crippen molar-refractivity contribution in [3.05, 3.63) is 170 Å². The number of unbranched alkanes of at least 4 members (excludes halogenated alkanes) is 8. The molecule has 0 fully saturated rings.